The van der Waals surface area contributed by atoms with Crippen molar-refractivity contribution in [2.45, 2.75) is 12.5 Å². The van der Waals surface area contributed by atoms with Crippen molar-refractivity contribution in [2.75, 3.05) is 0 Å². The van der Waals surface area contributed by atoms with E-state index in [9.17, 15) is 9.90 Å². The molecule has 0 spiro atoms. The number of carboxylic acids is 1. The predicted octanol–water partition coefficient (Wildman–Crippen LogP) is 1.13. The molecule has 0 fully saturated rings. The molecule has 0 aromatic carbocycles. The first-order valence-electron chi connectivity index (χ1n) is 3.52. The van der Waals surface area contributed by atoms with Crippen LogP contribution < -0.4 is 0 Å². The number of carboxylic acid groups (broad SMARTS) is 1. The van der Waals surface area contributed by atoms with Crippen molar-refractivity contribution in [3.05, 3.63) is 21.9 Å². The lowest BCUT2D eigenvalue weighted by molar-refractivity contribution is -0.139. The van der Waals surface area contributed by atoms with E-state index in [1.165, 1.54) is 17.4 Å². The lowest BCUT2D eigenvalue weighted by Gasteiger charge is -2.02. The van der Waals surface area contributed by atoms with Crippen molar-refractivity contribution >= 4 is 17.3 Å². The van der Waals surface area contributed by atoms with E-state index < -0.39 is 12.1 Å². The van der Waals surface area contributed by atoms with Crippen molar-refractivity contribution in [2.24, 2.45) is 0 Å². The van der Waals surface area contributed by atoms with Crippen LogP contribution >= 0.6 is 11.3 Å². The van der Waals surface area contributed by atoms with Crippen LogP contribution in [0, 0.1) is 11.3 Å². The Morgan fingerprint density at radius 1 is 1.77 bits per heavy atom. The zero-order chi connectivity index (χ0) is 9.84. The number of carbonyl (C=O) groups is 1. The smallest absolute Gasteiger partial charge is 0.306 e. The molecule has 5 heteroatoms. The highest BCUT2D eigenvalue weighted by Gasteiger charge is 2.13. The number of rotatable bonds is 3. The van der Waals surface area contributed by atoms with E-state index in [4.69, 9.17) is 10.4 Å². The number of hydrogen-bond donors (Lipinski definition) is 2. The molecule has 0 amide bonds. The summed E-state index contributed by atoms with van der Waals surface area (Å²) in [5, 5.41) is 27.8. The number of nitrogens with zero attached hydrogens (tertiary/aromatic N) is 1. The van der Waals surface area contributed by atoms with Gasteiger partial charge in [0.05, 0.1) is 18.1 Å². The van der Waals surface area contributed by atoms with E-state index in [1.54, 1.807) is 5.38 Å². The number of aliphatic carboxylic acids is 1. The zero-order valence-electron chi connectivity index (χ0n) is 6.60. The van der Waals surface area contributed by atoms with Crippen LogP contribution in [-0.2, 0) is 4.79 Å². The fourth-order valence-electron chi connectivity index (χ4n) is 0.852. The molecule has 1 rings (SSSR count). The van der Waals surface area contributed by atoms with Gasteiger partial charge >= 0.3 is 5.97 Å². The fourth-order valence-corrected chi connectivity index (χ4v) is 1.67. The Morgan fingerprint density at radius 2 is 2.46 bits per heavy atom. The van der Waals surface area contributed by atoms with Crippen LogP contribution in [0.4, 0.5) is 0 Å². The third kappa shape index (κ3) is 2.54. The van der Waals surface area contributed by atoms with Crippen LogP contribution in [-0.4, -0.2) is 16.2 Å². The molecule has 4 nitrogen and oxygen atoms in total. The third-order valence-corrected chi connectivity index (χ3v) is 2.48. The Balaban J connectivity index is 2.72. The lowest BCUT2D eigenvalue weighted by Crippen LogP contribution is -2.03. The van der Waals surface area contributed by atoms with Gasteiger partial charge in [-0.2, -0.15) is 5.26 Å². The molecular weight excluding hydrogens is 190 g/mol. The van der Waals surface area contributed by atoms with E-state index in [1.807, 2.05) is 6.07 Å². The van der Waals surface area contributed by atoms with Crippen molar-refractivity contribution in [1.82, 2.24) is 0 Å². The highest BCUT2D eigenvalue weighted by molar-refractivity contribution is 7.10. The van der Waals surface area contributed by atoms with Crippen LogP contribution in [0.25, 0.3) is 0 Å². The SMILES string of the molecule is N#Cc1csc([C@H](O)CC(=O)O)c1. The van der Waals surface area contributed by atoms with Crippen LogP contribution in [0.1, 0.15) is 23.0 Å². The molecule has 1 atom stereocenters. The normalized spacial score (nSPS) is 12.0. The molecule has 1 aromatic rings. The second kappa shape index (κ2) is 4.03. The Kier molecular flexibility index (Phi) is 3.01. The molecule has 0 aliphatic carbocycles. The third-order valence-electron chi connectivity index (χ3n) is 1.45. The maximum atomic E-state index is 10.2. The van der Waals surface area contributed by atoms with Crippen molar-refractivity contribution in [3.63, 3.8) is 0 Å². The van der Waals surface area contributed by atoms with E-state index in [2.05, 4.69) is 0 Å². The highest BCUT2D eigenvalue weighted by atomic mass is 32.1. The van der Waals surface area contributed by atoms with Gasteiger partial charge in [0.1, 0.15) is 6.07 Å². The minimum absolute atomic E-state index is 0.328. The maximum Gasteiger partial charge on any atom is 0.306 e. The average molecular weight is 197 g/mol. The van der Waals surface area contributed by atoms with Gasteiger partial charge < -0.3 is 10.2 Å². The Morgan fingerprint density at radius 3 is 2.92 bits per heavy atom. The molecule has 13 heavy (non-hydrogen) atoms. The molecule has 0 aliphatic heterocycles. The Bertz CT molecular complexity index is 353. The van der Waals surface area contributed by atoms with Gasteiger partial charge in [0.2, 0.25) is 0 Å². The molecule has 68 valence electrons. The molecule has 2 N–H and O–H groups in total. The average Bonchev–Trinajstić information content (AvgIpc) is 2.50. The van der Waals surface area contributed by atoms with E-state index >= 15 is 0 Å². The zero-order valence-corrected chi connectivity index (χ0v) is 7.41. The summed E-state index contributed by atoms with van der Waals surface area (Å²) in [6, 6.07) is 3.41. The van der Waals surface area contributed by atoms with Gasteiger partial charge in [-0.3, -0.25) is 4.79 Å². The molecule has 1 aromatic heterocycles. The lowest BCUT2D eigenvalue weighted by atomic mass is 10.2. The molecule has 0 unspecified atom stereocenters. The largest absolute Gasteiger partial charge is 0.481 e. The van der Waals surface area contributed by atoms with Crippen molar-refractivity contribution < 1.29 is 15.0 Å². The van der Waals surface area contributed by atoms with Crippen LogP contribution in [0.2, 0.25) is 0 Å². The second-order valence-corrected chi connectivity index (χ2v) is 3.41. The summed E-state index contributed by atoms with van der Waals surface area (Å²) in [4.78, 5) is 10.8. The summed E-state index contributed by atoms with van der Waals surface area (Å²) in [6.07, 6.45) is -1.34. The molecule has 0 radical (unpaired) electrons. The standard InChI is InChI=1S/C8H7NO3S/c9-3-5-1-7(13-4-5)6(10)2-8(11)12/h1,4,6,10H,2H2,(H,11,12)/t6-/m1/s1. The summed E-state index contributed by atoms with van der Waals surface area (Å²) < 4.78 is 0. The minimum atomic E-state index is -1.06. The molecule has 0 bridgehead atoms. The van der Waals surface area contributed by atoms with E-state index in [-0.39, 0.29) is 6.42 Å². The first kappa shape index (κ1) is 9.71. The Labute approximate surface area is 78.7 Å². The summed E-state index contributed by atoms with van der Waals surface area (Å²) in [6.45, 7) is 0. The van der Waals surface area contributed by atoms with Gasteiger partial charge in [-0.15, -0.1) is 11.3 Å². The van der Waals surface area contributed by atoms with Crippen LogP contribution in [0.15, 0.2) is 11.4 Å². The maximum absolute atomic E-state index is 10.2. The number of hydrogen-bond acceptors (Lipinski definition) is 4. The van der Waals surface area contributed by atoms with Crippen LogP contribution in [0.3, 0.4) is 0 Å². The van der Waals surface area contributed by atoms with Crippen molar-refractivity contribution in [3.8, 4) is 6.07 Å². The van der Waals surface area contributed by atoms with E-state index in [0.717, 1.165) is 0 Å². The van der Waals surface area contributed by atoms with Gasteiger partial charge in [-0.05, 0) is 6.07 Å². The molecule has 1 heterocycles. The monoisotopic (exact) mass is 197 g/mol. The molecule has 0 saturated carbocycles. The first-order valence-corrected chi connectivity index (χ1v) is 4.40. The highest BCUT2D eigenvalue weighted by Crippen LogP contribution is 2.23. The van der Waals surface area contributed by atoms with E-state index in [0.29, 0.717) is 10.4 Å². The number of aliphatic hydroxyl groups is 1. The quantitative estimate of drug-likeness (QED) is 0.761. The van der Waals surface area contributed by atoms with Gasteiger partial charge in [0.15, 0.2) is 0 Å². The van der Waals surface area contributed by atoms with Crippen LogP contribution in [0.5, 0.6) is 0 Å². The minimum Gasteiger partial charge on any atom is -0.481 e. The van der Waals surface area contributed by atoms with Gasteiger partial charge in [0, 0.05) is 10.3 Å². The number of thiophene rings is 1. The second-order valence-electron chi connectivity index (χ2n) is 2.46. The van der Waals surface area contributed by atoms with Crippen molar-refractivity contribution in [1.29, 1.82) is 5.26 Å². The summed E-state index contributed by atoms with van der Waals surface area (Å²) >= 11 is 1.19. The van der Waals surface area contributed by atoms with Gasteiger partial charge in [-0.25, -0.2) is 0 Å². The summed E-state index contributed by atoms with van der Waals surface area (Å²) in [5.74, 6) is -1.06. The Hall–Kier alpha value is -1.38. The van der Waals surface area contributed by atoms with Gasteiger partial charge in [-0.1, -0.05) is 0 Å². The summed E-state index contributed by atoms with van der Waals surface area (Å²) in [5.41, 5.74) is 0.449. The molecule has 0 aliphatic rings. The fraction of sp³-hybridized carbons (Fsp3) is 0.250. The topological polar surface area (TPSA) is 81.3 Å². The molecular formula is C8H7NO3S. The predicted molar refractivity (Wildman–Crippen MR) is 46.2 cm³/mol. The molecule has 0 saturated heterocycles. The van der Waals surface area contributed by atoms with Gasteiger partial charge in [0.25, 0.3) is 0 Å². The number of aliphatic hydroxyl groups excluding tert-OH is 1. The summed E-state index contributed by atoms with van der Waals surface area (Å²) in [7, 11) is 0. The number of nitriles is 1. The first-order chi connectivity index (χ1) is 6.13.